The number of nitrogens with one attached hydrogen (secondary N) is 2. The zero-order valence-corrected chi connectivity index (χ0v) is 16.2. The fourth-order valence-electron chi connectivity index (χ4n) is 2.61. The lowest BCUT2D eigenvalue weighted by molar-refractivity contribution is -0.114. The largest absolute Gasteiger partial charge is 0.492 e. The second kappa shape index (κ2) is 8.23. The zero-order chi connectivity index (χ0) is 19.3. The molecule has 7 heteroatoms. The van der Waals surface area contributed by atoms with Crippen LogP contribution in [0.3, 0.4) is 0 Å². The molecule has 0 heterocycles. The molecule has 140 valence electrons. The van der Waals surface area contributed by atoms with Gasteiger partial charge in [-0.2, -0.15) is 0 Å². The van der Waals surface area contributed by atoms with E-state index in [2.05, 4.69) is 10.0 Å². The first-order valence-corrected chi connectivity index (χ1v) is 9.92. The van der Waals surface area contributed by atoms with Crippen LogP contribution in [0.1, 0.15) is 31.9 Å². The van der Waals surface area contributed by atoms with Crippen molar-refractivity contribution in [2.24, 2.45) is 0 Å². The molecule has 0 fully saturated rings. The molecule has 0 unspecified atom stereocenters. The summed E-state index contributed by atoms with van der Waals surface area (Å²) >= 11 is 0. The number of para-hydroxylation sites is 1. The van der Waals surface area contributed by atoms with E-state index in [1.807, 2.05) is 39.0 Å². The van der Waals surface area contributed by atoms with Gasteiger partial charge in [-0.1, -0.05) is 25.1 Å². The monoisotopic (exact) mass is 376 g/mol. The first-order chi connectivity index (χ1) is 12.3. The third-order valence-electron chi connectivity index (χ3n) is 3.85. The minimum Gasteiger partial charge on any atom is -0.492 e. The summed E-state index contributed by atoms with van der Waals surface area (Å²) in [5.74, 6) is 0.118. The Balaban J connectivity index is 2.45. The Morgan fingerprint density at radius 1 is 1.15 bits per heavy atom. The van der Waals surface area contributed by atoms with Gasteiger partial charge in [0.05, 0.1) is 22.9 Å². The van der Waals surface area contributed by atoms with Crippen LogP contribution < -0.4 is 14.8 Å². The predicted molar refractivity (Wildman–Crippen MR) is 103 cm³/mol. The normalized spacial score (nSPS) is 11.1. The molecule has 2 aromatic rings. The van der Waals surface area contributed by atoms with Gasteiger partial charge in [0.15, 0.2) is 0 Å². The maximum atomic E-state index is 12.9. The highest BCUT2D eigenvalue weighted by Gasteiger charge is 2.19. The van der Waals surface area contributed by atoms with Gasteiger partial charge in [0.1, 0.15) is 5.75 Å². The Bertz CT molecular complexity index is 908. The second-order valence-electron chi connectivity index (χ2n) is 5.84. The Hall–Kier alpha value is -2.54. The van der Waals surface area contributed by atoms with Crippen molar-refractivity contribution < 1.29 is 17.9 Å². The SMILES string of the molecule is CCOc1ccc(S(=O)(=O)Nc2c(C)cccc2CC)cc1NC(C)=O. The fourth-order valence-corrected chi connectivity index (χ4v) is 3.81. The third-order valence-corrected chi connectivity index (χ3v) is 5.20. The van der Waals surface area contributed by atoms with Crippen molar-refractivity contribution in [3.05, 3.63) is 47.5 Å². The van der Waals surface area contributed by atoms with E-state index in [4.69, 9.17) is 4.74 Å². The molecule has 1 amide bonds. The number of rotatable bonds is 7. The van der Waals surface area contributed by atoms with E-state index >= 15 is 0 Å². The summed E-state index contributed by atoms with van der Waals surface area (Å²) in [6.45, 7) is 7.40. The Morgan fingerprint density at radius 3 is 2.50 bits per heavy atom. The zero-order valence-electron chi connectivity index (χ0n) is 15.4. The lowest BCUT2D eigenvalue weighted by atomic mass is 10.1. The van der Waals surface area contributed by atoms with Crippen molar-refractivity contribution in [1.29, 1.82) is 0 Å². The quantitative estimate of drug-likeness (QED) is 0.771. The van der Waals surface area contributed by atoms with Crippen LogP contribution in [-0.4, -0.2) is 20.9 Å². The molecule has 0 aliphatic carbocycles. The average molecular weight is 376 g/mol. The number of carbonyl (C=O) groups is 1. The van der Waals surface area contributed by atoms with E-state index < -0.39 is 10.0 Å². The molecule has 0 saturated heterocycles. The number of carbonyl (C=O) groups excluding carboxylic acids is 1. The fraction of sp³-hybridized carbons (Fsp3) is 0.316. The third kappa shape index (κ3) is 4.54. The maximum Gasteiger partial charge on any atom is 0.261 e. The number of aryl methyl sites for hydroxylation is 2. The first kappa shape index (κ1) is 19.8. The van der Waals surface area contributed by atoms with Crippen molar-refractivity contribution in [1.82, 2.24) is 0 Å². The van der Waals surface area contributed by atoms with Gasteiger partial charge in [0.2, 0.25) is 5.91 Å². The molecule has 0 spiro atoms. The molecule has 2 rings (SSSR count). The molecule has 6 nitrogen and oxygen atoms in total. The molecule has 26 heavy (non-hydrogen) atoms. The van der Waals surface area contributed by atoms with Crippen LogP contribution in [0.4, 0.5) is 11.4 Å². The van der Waals surface area contributed by atoms with E-state index in [9.17, 15) is 13.2 Å². The van der Waals surface area contributed by atoms with Gasteiger partial charge < -0.3 is 10.1 Å². The molecule has 0 aromatic heterocycles. The number of benzene rings is 2. The Morgan fingerprint density at radius 2 is 1.88 bits per heavy atom. The van der Waals surface area contributed by atoms with E-state index in [0.717, 1.165) is 11.1 Å². The summed E-state index contributed by atoms with van der Waals surface area (Å²) in [5.41, 5.74) is 2.68. The summed E-state index contributed by atoms with van der Waals surface area (Å²) in [6, 6.07) is 10.1. The summed E-state index contributed by atoms with van der Waals surface area (Å²) in [5, 5.41) is 2.61. The van der Waals surface area contributed by atoms with Gasteiger partial charge >= 0.3 is 0 Å². The number of amides is 1. The highest BCUT2D eigenvalue weighted by atomic mass is 32.2. The number of anilines is 2. The Labute approximate surface area is 154 Å². The minimum absolute atomic E-state index is 0.0509. The van der Waals surface area contributed by atoms with E-state index in [1.165, 1.54) is 19.1 Å². The highest BCUT2D eigenvalue weighted by molar-refractivity contribution is 7.92. The van der Waals surface area contributed by atoms with Crippen molar-refractivity contribution in [2.45, 2.75) is 39.0 Å². The molecular formula is C19H24N2O4S. The molecule has 0 aliphatic heterocycles. The molecule has 0 bridgehead atoms. The summed E-state index contributed by atoms with van der Waals surface area (Å²) in [6.07, 6.45) is 0.708. The molecule has 2 aromatic carbocycles. The van der Waals surface area contributed by atoms with Gasteiger partial charge in [-0.05, 0) is 49.6 Å². The van der Waals surface area contributed by atoms with Crippen LogP contribution in [0.25, 0.3) is 0 Å². The Kier molecular flexibility index (Phi) is 6.26. The topological polar surface area (TPSA) is 84.5 Å². The van der Waals surface area contributed by atoms with Crippen LogP contribution in [0.2, 0.25) is 0 Å². The van der Waals surface area contributed by atoms with Crippen molar-refractivity contribution in [2.75, 3.05) is 16.6 Å². The maximum absolute atomic E-state index is 12.9. The number of hydrogen-bond acceptors (Lipinski definition) is 4. The van der Waals surface area contributed by atoms with Crippen LogP contribution >= 0.6 is 0 Å². The lowest BCUT2D eigenvalue weighted by Gasteiger charge is -2.16. The predicted octanol–water partition coefficient (Wildman–Crippen LogP) is 3.72. The number of hydrogen-bond donors (Lipinski definition) is 2. The van der Waals surface area contributed by atoms with Gasteiger partial charge in [-0.15, -0.1) is 0 Å². The van der Waals surface area contributed by atoms with Crippen LogP contribution in [-0.2, 0) is 21.2 Å². The van der Waals surface area contributed by atoms with Gasteiger partial charge in [0.25, 0.3) is 10.0 Å². The smallest absolute Gasteiger partial charge is 0.261 e. The molecule has 0 atom stereocenters. The molecule has 2 N–H and O–H groups in total. The lowest BCUT2D eigenvalue weighted by Crippen LogP contribution is -2.16. The summed E-state index contributed by atoms with van der Waals surface area (Å²) in [7, 11) is -3.82. The molecule has 0 radical (unpaired) electrons. The van der Waals surface area contributed by atoms with Gasteiger partial charge in [-0.25, -0.2) is 8.42 Å². The van der Waals surface area contributed by atoms with Gasteiger partial charge in [0, 0.05) is 6.92 Å². The van der Waals surface area contributed by atoms with Crippen LogP contribution in [0.5, 0.6) is 5.75 Å². The molecular weight excluding hydrogens is 352 g/mol. The first-order valence-electron chi connectivity index (χ1n) is 8.44. The van der Waals surface area contributed by atoms with Crippen molar-refractivity contribution in [3.8, 4) is 5.75 Å². The summed E-state index contributed by atoms with van der Waals surface area (Å²) < 4.78 is 33.9. The number of sulfonamides is 1. The van der Waals surface area contributed by atoms with E-state index in [1.54, 1.807) is 6.07 Å². The molecule has 0 aliphatic rings. The molecule has 0 saturated carbocycles. The average Bonchev–Trinajstić information content (AvgIpc) is 2.57. The number of ether oxygens (including phenoxy) is 1. The second-order valence-corrected chi connectivity index (χ2v) is 7.52. The van der Waals surface area contributed by atoms with Crippen LogP contribution in [0, 0.1) is 6.92 Å². The van der Waals surface area contributed by atoms with Crippen molar-refractivity contribution in [3.63, 3.8) is 0 Å². The summed E-state index contributed by atoms with van der Waals surface area (Å²) in [4.78, 5) is 11.5. The van der Waals surface area contributed by atoms with Crippen molar-refractivity contribution >= 4 is 27.3 Å². The minimum atomic E-state index is -3.82. The van der Waals surface area contributed by atoms with E-state index in [-0.39, 0.29) is 10.8 Å². The van der Waals surface area contributed by atoms with E-state index in [0.29, 0.717) is 30.2 Å². The highest BCUT2D eigenvalue weighted by Crippen LogP contribution is 2.30. The standard InChI is InChI=1S/C19H24N2O4S/c1-5-15-9-7-8-13(3)19(15)21-26(23,24)16-10-11-18(25-6-2)17(12-16)20-14(4)22/h7-12,21H,5-6H2,1-4H3,(H,20,22). The van der Waals surface area contributed by atoms with Crippen LogP contribution in [0.15, 0.2) is 41.3 Å². The van der Waals surface area contributed by atoms with Gasteiger partial charge in [-0.3, -0.25) is 9.52 Å².